The van der Waals surface area contributed by atoms with Gasteiger partial charge in [0.2, 0.25) is 5.91 Å². The van der Waals surface area contributed by atoms with Crippen molar-refractivity contribution in [2.75, 3.05) is 26.4 Å². The fourth-order valence-corrected chi connectivity index (χ4v) is 5.77. The van der Waals surface area contributed by atoms with Gasteiger partial charge in [0, 0.05) is 17.3 Å². The minimum absolute atomic E-state index is 0.131. The first-order chi connectivity index (χ1) is 16.7. The summed E-state index contributed by atoms with van der Waals surface area (Å²) in [5.41, 5.74) is 8.25. The molecule has 0 saturated heterocycles. The van der Waals surface area contributed by atoms with E-state index in [1.807, 2.05) is 72.8 Å². The van der Waals surface area contributed by atoms with E-state index in [9.17, 15) is 14.1 Å². The molecule has 0 aliphatic rings. The normalized spacial score (nSPS) is 13.5. The summed E-state index contributed by atoms with van der Waals surface area (Å²) >= 11 is 0. The number of nitrogens with zero attached hydrogens (tertiary/aromatic N) is 1. The summed E-state index contributed by atoms with van der Waals surface area (Å²) in [7, 11) is 2.84. The number of hydrogen-bond donors (Lipinski definition) is 2. The van der Waals surface area contributed by atoms with E-state index in [-0.39, 0.29) is 11.0 Å². The van der Waals surface area contributed by atoms with Crippen LogP contribution < -0.4 is 5.73 Å². The molecular weight excluding hydrogens is 456 g/mol. The monoisotopic (exact) mass is 494 g/mol. The maximum atomic E-state index is 12.4. The van der Waals surface area contributed by atoms with Gasteiger partial charge in [-0.1, -0.05) is 86.6 Å². The summed E-state index contributed by atoms with van der Waals surface area (Å²) in [6, 6.07) is 26.7. The topological polar surface area (TPSA) is 83.6 Å². The van der Waals surface area contributed by atoms with Crippen LogP contribution in [-0.2, 0) is 15.6 Å². The maximum absolute atomic E-state index is 12.4. The molecule has 0 heterocycles. The third-order valence-corrected chi connectivity index (χ3v) is 7.47. The number of phenolic OH excluding ortho intramolecular Hbond substituents is 1. The number of phenols is 1. The first-order valence-electron chi connectivity index (χ1n) is 11.9. The number of benzene rings is 3. The molecule has 3 aromatic rings. The van der Waals surface area contributed by atoms with Crippen LogP contribution in [-0.4, -0.2) is 46.5 Å². The van der Waals surface area contributed by atoms with E-state index in [2.05, 4.69) is 38.9 Å². The lowest BCUT2D eigenvalue weighted by atomic mass is 9.85. The second kappa shape index (κ2) is 14.4. The fraction of sp³-hybridized carbons (Fsp3) is 0.345. The van der Waals surface area contributed by atoms with E-state index >= 15 is 0 Å². The van der Waals surface area contributed by atoms with Crippen molar-refractivity contribution in [3.05, 3.63) is 102 Å². The minimum Gasteiger partial charge on any atom is -0.508 e. The van der Waals surface area contributed by atoms with Crippen molar-refractivity contribution in [2.45, 2.75) is 31.4 Å². The van der Waals surface area contributed by atoms with Crippen molar-refractivity contribution in [3.63, 3.8) is 0 Å². The standard InChI is InChI=1S/C15H15NO2S.C14H23NO/c16-14(17)11-19(18)15(12-7-3-1-4-8-12)13-9-5-2-6-10-13;1-5-14(11(2)10-15(3)4)12-7-6-8-13(16)9-12/h1-10,15H,11H2,(H2,16,17);6-9,11,14,16H,5,10H2,1-4H3/t;11-,14+/m.0/s1. The number of rotatable bonds is 10. The third-order valence-electron chi connectivity index (χ3n) is 5.83. The summed E-state index contributed by atoms with van der Waals surface area (Å²) in [6.07, 6.45) is 1.11. The third kappa shape index (κ3) is 9.30. The van der Waals surface area contributed by atoms with Gasteiger partial charge >= 0.3 is 0 Å². The smallest absolute Gasteiger partial charge is 0.230 e. The van der Waals surface area contributed by atoms with Gasteiger partial charge in [0.1, 0.15) is 11.5 Å². The van der Waals surface area contributed by atoms with Crippen LogP contribution >= 0.6 is 0 Å². The molecule has 0 spiro atoms. The van der Waals surface area contributed by atoms with Crippen LogP contribution in [0.15, 0.2) is 84.9 Å². The summed E-state index contributed by atoms with van der Waals surface area (Å²) in [6.45, 7) is 5.56. The Labute approximate surface area is 212 Å². The van der Waals surface area contributed by atoms with Gasteiger partial charge in [0.25, 0.3) is 0 Å². The highest BCUT2D eigenvalue weighted by molar-refractivity contribution is 7.86. The molecule has 3 rings (SSSR count). The van der Waals surface area contributed by atoms with E-state index in [1.165, 1.54) is 5.56 Å². The molecule has 188 valence electrons. The number of aromatic hydroxyl groups is 1. The summed E-state index contributed by atoms with van der Waals surface area (Å²) in [5.74, 6) is 0.813. The van der Waals surface area contributed by atoms with Crippen LogP contribution in [0.1, 0.15) is 48.1 Å². The highest BCUT2D eigenvalue weighted by Crippen LogP contribution is 2.30. The predicted molar refractivity (Wildman–Crippen MR) is 146 cm³/mol. The van der Waals surface area contributed by atoms with Gasteiger partial charge in [0.05, 0.1) is 5.25 Å². The largest absolute Gasteiger partial charge is 0.508 e. The Morgan fingerprint density at radius 2 is 1.43 bits per heavy atom. The second-order valence-electron chi connectivity index (χ2n) is 9.04. The van der Waals surface area contributed by atoms with Gasteiger partial charge < -0.3 is 15.7 Å². The van der Waals surface area contributed by atoms with E-state index in [0.717, 1.165) is 24.1 Å². The molecule has 0 aliphatic carbocycles. The molecule has 1 amide bonds. The molecule has 3 aromatic carbocycles. The molecular formula is C29H38N2O3S. The lowest BCUT2D eigenvalue weighted by Crippen LogP contribution is -2.24. The Morgan fingerprint density at radius 3 is 1.86 bits per heavy atom. The Balaban J connectivity index is 0.000000251. The molecule has 0 bridgehead atoms. The lowest BCUT2D eigenvalue weighted by Gasteiger charge is -2.26. The zero-order chi connectivity index (χ0) is 25.8. The van der Waals surface area contributed by atoms with Crippen LogP contribution in [0.5, 0.6) is 5.75 Å². The predicted octanol–water partition coefficient (Wildman–Crippen LogP) is 5.09. The second-order valence-corrected chi connectivity index (χ2v) is 10.6. The van der Waals surface area contributed by atoms with E-state index in [4.69, 9.17) is 5.73 Å². The fourth-order valence-electron chi connectivity index (χ4n) is 4.40. The Kier molecular flexibility index (Phi) is 11.7. The van der Waals surface area contributed by atoms with E-state index in [0.29, 0.717) is 17.6 Å². The van der Waals surface area contributed by atoms with Crippen molar-refractivity contribution < 1.29 is 14.1 Å². The molecule has 35 heavy (non-hydrogen) atoms. The first kappa shape index (κ1) is 28.3. The molecule has 1 unspecified atom stereocenters. The van der Waals surface area contributed by atoms with Crippen LogP contribution in [0, 0.1) is 5.92 Å². The number of carbonyl (C=O) groups excluding carboxylic acids is 1. The Morgan fingerprint density at radius 1 is 0.914 bits per heavy atom. The number of nitrogens with two attached hydrogens (primary N) is 1. The molecule has 3 N–H and O–H groups in total. The van der Waals surface area contributed by atoms with E-state index < -0.39 is 16.7 Å². The van der Waals surface area contributed by atoms with Gasteiger partial charge in [-0.25, -0.2) is 0 Å². The molecule has 0 radical (unpaired) electrons. The van der Waals surface area contributed by atoms with Crippen LogP contribution in [0.25, 0.3) is 0 Å². The number of hydrogen-bond acceptors (Lipinski definition) is 4. The van der Waals surface area contributed by atoms with Crippen LogP contribution in [0.4, 0.5) is 0 Å². The van der Waals surface area contributed by atoms with Gasteiger partial charge in [-0.15, -0.1) is 0 Å². The molecule has 0 aliphatic heterocycles. The average Bonchev–Trinajstić information content (AvgIpc) is 2.81. The van der Waals surface area contributed by atoms with Crippen molar-refractivity contribution in [2.24, 2.45) is 11.7 Å². The number of carbonyl (C=O) groups is 1. The summed E-state index contributed by atoms with van der Waals surface area (Å²) in [4.78, 5) is 13.2. The van der Waals surface area contributed by atoms with Crippen LogP contribution in [0.3, 0.4) is 0 Å². The van der Waals surface area contributed by atoms with Crippen molar-refractivity contribution in [1.29, 1.82) is 0 Å². The molecule has 0 fully saturated rings. The molecule has 5 nitrogen and oxygen atoms in total. The van der Waals surface area contributed by atoms with Gasteiger partial charge in [0.15, 0.2) is 0 Å². The molecule has 0 saturated carbocycles. The maximum Gasteiger partial charge on any atom is 0.230 e. The summed E-state index contributed by atoms with van der Waals surface area (Å²) < 4.78 is 12.4. The zero-order valence-corrected chi connectivity index (χ0v) is 21.9. The average molecular weight is 495 g/mol. The van der Waals surface area contributed by atoms with E-state index in [1.54, 1.807) is 6.07 Å². The first-order valence-corrected chi connectivity index (χ1v) is 13.3. The van der Waals surface area contributed by atoms with Gasteiger partial charge in [-0.05, 0) is 61.2 Å². The molecule has 3 atom stereocenters. The number of amides is 1. The molecule has 6 heteroatoms. The zero-order valence-electron chi connectivity index (χ0n) is 21.1. The Hall–Kier alpha value is -2.96. The van der Waals surface area contributed by atoms with Gasteiger partial charge in [-0.2, -0.15) is 0 Å². The van der Waals surface area contributed by atoms with Crippen molar-refractivity contribution in [1.82, 2.24) is 4.90 Å². The Bertz CT molecular complexity index is 1020. The van der Waals surface area contributed by atoms with Crippen molar-refractivity contribution in [3.8, 4) is 5.75 Å². The lowest BCUT2D eigenvalue weighted by molar-refractivity contribution is -0.115. The SMILES string of the molecule is CC[C@@H](c1cccc(O)c1)[C@@H](C)CN(C)C.NC(=O)CS(=O)C(c1ccccc1)c1ccccc1. The quantitative estimate of drug-likeness (QED) is 0.411. The number of primary amides is 1. The van der Waals surface area contributed by atoms with Gasteiger partial charge in [-0.3, -0.25) is 9.00 Å². The van der Waals surface area contributed by atoms with Crippen LogP contribution in [0.2, 0.25) is 0 Å². The highest BCUT2D eigenvalue weighted by atomic mass is 32.2. The minimum atomic E-state index is -1.36. The van der Waals surface area contributed by atoms with Crippen molar-refractivity contribution >= 4 is 16.7 Å². The highest BCUT2D eigenvalue weighted by Gasteiger charge is 2.22. The summed E-state index contributed by atoms with van der Waals surface area (Å²) in [5, 5.41) is 9.19. The molecule has 0 aromatic heterocycles.